The van der Waals surface area contributed by atoms with Crippen molar-refractivity contribution in [3.8, 4) is 5.75 Å². The molecule has 2 aromatic rings. The van der Waals surface area contributed by atoms with Crippen molar-refractivity contribution in [2.45, 2.75) is 30.8 Å². The molecule has 6 nitrogen and oxygen atoms in total. The van der Waals surface area contributed by atoms with Gasteiger partial charge in [0, 0.05) is 6.42 Å². The van der Waals surface area contributed by atoms with Crippen molar-refractivity contribution < 1.29 is 18.8 Å². The van der Waals surface area contributed by atoms with Crippen LogP contribution in [-0.2, 0) is 21.4 Å². The zero-order valence-electron chi connectivity index (χ0n) is 11.5. The van der Waals surface area contributed by atoms with Gasteiger partial charge in [0.05, 0.1) is 7.11 Å². The first-order valence-corrected chi connectivity index (χ1v) is 6.90. The molecule has 1 atom stereocenters. The highest BCUT2D eigenvalue weighted by Gasteiger charge is 2.57. The quantitative estimate of drug-likeness (QED) is 0.803. The molecule has 0 amide bonds. The number of methoxy groups -OCH3 is 1. The van der Waals surface area contributed by atoms with Gasteiger partial charge in [-0.3, -0.25) is 4.79 Å². The number of carbonyl (C=O) groups is 1. The van der Waals surface area contributed by atoms with Gasteiger partial charge in [-0.15, -0.1) is 0 Å². The molecule has 1 aliphatic heterocycles. The molecule has 0 radical (unpaired) electrons. The number of esters is 1. The molecule has 1 fully saturated rings. The third kappa shape index (κ3) is 1.82. The van der Waals surface area contributed by atoms with Gasteiger partial charge in [0.15, 0.2) is 6.10 Å². The monoisotopic (exact) mass is 286 g/mol. The number of carbonyl (C=O) groups excluding carboxylic acids is 1. The molecule has 0 bridgehead atoms. The maximum absolute atomic E-state index is 11.8. The van der Waals surface area contributed by atoms with E-state index in [1.807, 2.05) is 24.3 Å². The van der Waals surface area contributed by atoms with Crippen LogP contribution < -0.4 is 4.74 Å². The molecular weight excluding hydrogens is 272 g/mol. The summed E-state index contributed by atoms with van der Waals surface area (Å²) < 4.78 is 15.9. The number of hydrogen-bond acceptors (Lipinski definition) is 6. The zero-order chi connectivity index (χ0) is 14.4. The molecular formula is C15H14N2O4. The smallest absolute Gasteiger partial charge is 0.321 e. The Morgan fingerprint density at radius 3 is 2.90 bits per heavy atom. The maximum atomic E-state index is 11.8. The van der Waals surface area contributed by atoms with Crippen LogP contribution in [0.2, 0.25) is 0 Å². The summed E-state index contributed by atoms with van der Waals surface area (Å²) in [5, 5.41) is 3.99. The molecule has 1 saturated carbocycles. The Kier molecular flexibility index (Phi) is 2.54. The topological polar surface area (TPSA) is 74.5 Å². The Hall–Kier alpha value is -2.37. The van der Waals surface area contributed by atoms with Crippen LogP contribution in [0.25, 0.3) is 0 Å². The molecule has 0 saturated heterocycles. The first-order valence-electron chi connectivity index (χ1n) is 6.90. The fourth-order valence-corrected chi connectivity index (χ4v) is 2.71. The lowest BCUT2D eigenvalue weighted by Gasteiger charge is -2.06. The molecule has 1 aromatic heterocycles. The number of para-hydroxylation sites is 1. The van der Waals surface area contributed by atoms with Crippen molar-refractivity contribution in [2.24, 2.45) is 0 Å². The number of rotatable bonds is 3. The van der Waals surface area contributed by atoms with Crippen molar-refractivity contribution in [3.05, 3.63) is 41.5 Å². The van der Waals surface area contributed by atoms with Crippen molar-refractivity contribution in [1.82, 2.24) is 10.1 Å². The van der Waals surface area contributed by atoms with Gasteiger partial charge in [0.1, 0.15) is 11.2 Å². The molecule has 108 valence electrons. The molecule has 1 aliphatic carbocycles. The number of benzene rings is 1. The normalized spacial score (nSPS) is 21.5. The molecule has 1 unspecified atom stereocenters. The molecule has 21 heavy (non-hydrogen) atoms. The van der Waals surface area contributed by atoms with Crippen LogP contribution in [0.15, 0.2) is 28.8 Å². The Bertz CT molecular complexity index is 680. The van der Waals surface area contributed by atoms with E-state index < -0.39 is 5.41 Å². The van der Waals surface area contributed by atoms with Gasteiger partial charge in [-0.25, -0.2) is 0 Å². The van der Waals surface area contributed by atoms with Crippen LogP contribution in [0.1, 0.15) is 36.2 Å². The average molecular weight is 286 g/mol. The molecule has 2 heterocycles. The number of hydrogen-bond donors (Lipinski definition) is 0. The number of nitrogens with zero attached hydrogens (tertiary/aromatic N) is 2. The van der Waals surface area contributed by atoms with Gasteiger partial charge in [-0.2, -0.15) is 4.98 Å². The highest BCUT2D eigenvalue weighted by atomic mass is 16.5. The first-order chi connectivity index (χ1) is 10.2. The van der Waals surface area contributed by atoms with E-state index in [4.69, 9.17) is 14.0 Å². The Balaban J connectivity index is 1.58. The maximum Gasteiger partial charge on any atom is 0.321 e. The highest BCUT2D eigenvalue weighted by Crippen LogP contribution is 2.48. The van der Waals surface area contributed by atoms with Gasteiger partial charge in [0.2, 0.25) is 11.7 Å². The average Bonchev–Trinajstić information content (AvgIpc) is 3.00. The van der Waals surface area contributed by atoms with E-state index in [0.29, 0.717) is 31.0 Å². The van der Waals surface area contributed by atoms with E-state index in [1.54, 1.807) is 0 Å². The predicted octanol–water partition coefficient (Wildman–Crippen LogP) is 1.95. The Morgan fingerprint density at radius 2 is 2.19 bits per heavy atom. The predicted molar refractivity (Wildman–Crippen MR) is 70.7 cm³/mol. The van der Waals surface area contributed by atoms with E-state index in [9.17, 15) is 4.79 Å². The molecule has 6 heteroatoms. The second-order valence-corrected chi connectivity index (χ2v) is 5.45. The van der Waals surface area contributed by atoms with Crippen LogP contribution in [0, 0.1) is 0 Å². The zero-order valence-corrected chi connectivity index (χ0v) is 11.5. The first kappa shape index (κ1) is 12.4. The lowest BCUT2D eigenvalue weighted by atomic mass is 10.1. The lowest BCUT2D eigenvalue weighted by molar-refractivity contribution is -0.144. The van der Waals surface area contributed by atoms with E-state index in [0.717, 1.165) is 11.3 Å². The summed E-state index contributed by atoms with van der Waals surface area (Å²) in [6.45, 7) is 0. The van der Waals surface area contributed by atoms with Crippen LogP contribution in [0.5, 0.6) is 5.75 Å². The molecule has 0 spiro atoms. The largest absolute Gasteiger partial charge is 0.482 e. The summed E-state index contributed by atoms with van der Waals surface area (Å²) in [4.78, 5) is 16.2. The van der Waals surface area contributed by atoms with E-state index >= 15 is 0 Å². The van der Waals surface area contributed by atoms with Crippen LogP contribution >= 0.6 is 0 Å². The van der Waals surface area contributed by atoms with Gasteiger partial charge in [-0.05, 0) is 24.5 Å². The summed E-state index contributed by atoms with van der Waals surface area (Å²) in [6, 6.07) is 7.85. The van der Waals surface area contributed by atoms with Gasteiger partial charge in [-0.1, -0.05) is 23.4 Å². The fraction of sp³-hybridized carbons (Fsp3) is 0.400. The number of fused-ring (bicyclic) bond motifs is 1. The van der Waals surface area contributed by atoms with E-state index in [1.165, 1.54) is 7.11 Å². The number of aromatic nitrogens is 2. The third-order valence-corrected chi connectivity index (χ3v) is 4.11. The summed E-state index contributed by atoms with van der Waals surface area (Å²) in [5.74, 6) is 1.36. The minimum atomic E-state index is -0.731. The van der Waals surface area contributed by atoms with Gasteiger partial charge < -0.3 is 14.0 Å². The summed E-state index contributed by atoms with van der Waals surface area (Å²) in [6.07, 6.45) is 1.83. The third-order valence-electron chi connectivity index (χ3n) is 4.11. The van der Waals surface area contributed by atoms with Crippen molar-refractivity contribution in [2.75, 3.05) is 7.11 Å². The molecule has 1 aromatic carbocycles. The standard InChI is InChI=1S/C15H14N2O4/c1-19-14(18)15(6-7-15)13-16-12(17-21-13)11-8-9-4-2-3-5-10(9)20-11/h2-5,11H,6-8H2,1H3. The fourth-order valence-electron chi connectivity index (χ4n) is 2.71. The second-order valence-electron chi connectivity index (χ2n) is 5.45. The summed E-state index contributed by atoms with van der Waals surface area (Å²) in [5.41, 5.74) is 0.397. The van der Waals surface area contributed by atoms with Gasteiger partial charge >= 0.3 is 5.97 Å². The van der Waals surface area contributed by atoms with Crippen molar-refractivity contribution >= 4 is 5.97 Å². The SMILES string of the molecule is COC(=O)C1(c2nc(C3Cc4ccccc4O3)no2)CC1. The minimum Gasteiger partial charge on any atom is -0.482 e. The Labute approximate surface area is 121 Å². The van der Waals surface area contributed by atoms with Crippen LogP contribution in [0.4, 0.5) is 0 Å². The highest BCUT2D eigenvalue weighted by molar-refractivity contribution is 5.85. The van der Waals surface area contributed by atoms with Crippen LogP contribution in [0.3, 0.4) is 0 Å². The molecule has 0 N–H and O–H groups in total. The Morgan fingerprint density at radius 1 is 1.38 bits per heavy atom. The molecule has 4 rings (SSSR count). The van der Waals surface area contributed by atoms with Crippen LogP contribution in [-0.4, -0.2) is 23.2 Å². The van der Waals surface area contributed by atoms with Gasteiger partial charge in [0.25, 0.3) is 0 Å². The number of ether oxygens (including phenoxy) is 2. The second kappa shape index (κ2) is 4.31. The van der Waals surface area contributed by atoms with Crippen molar-refractivity contribution in [3.63, 3.8) is 0 Å². The lowest BCUT2D eigenvalue weighted by Crippen LogP contribution is -2.22. The molecule has 2 aliphatic rings. The van der Waals surface area contributed by atoms with E-state index in [-0.39, 0.29) is 12.1 Å². The van der Waals surface area contributed by atoms with E-state index in [2.05, 4.69) is 10.1 Å². The minimum absolute atomic E-state index is 0.256. The summed E-state index contributed by atoms with van der Waals surface area (Å²) >= 11 is 0. The summed E-state index contributed by atoms with van der Waals surface area (Å²) in [7, 11) is 1.37. The van der Waals surface area contributed by atoms with Crippen molar-refractivity contribution in [1.29, 1.82) is 0 Å².